The zero-order valence-corrected chi connectivity index (χ0v) is 14.5. The standard InChI is InChI=1S/C16H20N4O3S/c1-3-14-17-16(19-18-14)24-10-15(21)20-8-11(9-20)23-13-7-5-4-6-12(13)22-2/h4-7,11H,3,8-10H2,1-2H3,(H,17,18,19). The monoisotopic (exact) mass is 348 g/mol. The Balaban J connectivity index is 1.43. The molecule has 1 fully saturated rings. The van der Waals surface area contributed by atoms with Crippen molar-refractivity contribution in [3.05, 3.63) is 30.1 Å². The van der Waals surface area contributed by atoms with Gasteiger partial charge in [0.15, 0.2) is 11.5 Å². The highest BCUT2D eigenvalue weighted by Gasteiger charge is 2.32. The van der Waals surface area contributed by atoms with Crippen LogP contribution < -0.4 is 9.47 Å². The molecule has 1 N–H and O–H groups in total. The number of nitrogens with zero attached hydrogens (tertiary/aromatic N) is 3. The van der Waals surface area contributed by atoms with E-state index in [2.05, 4.69) is 15.2 Å². The lowest BCUT2D eigenvalue weighted by Crippen LogP contribution is -2.56. The van der Waals surface area contributed by atoms with E-state index in [1.54, 1.807) is 12.0 Å². The van der Waals surface area contributed by atoms with Gasteiger partial charge in [-0.2, -0.15) is 0 Å². The molecule has 7 nitrogen and oxygen atoms in total. The van der Waals surface area contributed by atoms with Crippen LogP contribution in [0, 0.1) is 0 Å². The first-order chi connectivity index (χ1) is 11.7. The molecule has 1 amide bonds. The predicted octanol–water partition coefficient (Wildman–Crippen LogP) is 1.76. The average molecular weight is 348 g/mol. The van der Waals surface area contributed by atoms with Gasteiger partial charge in [0.1, 0.15) is 11.9 Å². The van der Waals surface area contributed by atoms with E-state index in [0.29, 0.717) is 35.5 Å². The first-order valence-electron chi connectivity index (χ1n) is 7.81. The number of aryl methyl sites for hydroxylation is 1. The van der Waals surface area contributed by atoms with Gasteiger partial charge in [0, 0.05) is 6.42 Å². The van der Waals surface area contributed by atoms with E-state index in [4.69, 9.17) is 9.47 Å². The van der Waals surface area contributed by atoms with Crippen molar-refractivity contribution in [3.8, 4) is 11.5 Å². The van der Waals surface area contributed by atoms with Crippen molar-refractivity contribution in [2.75, 3.05) is 26.0 Å². The predicted molar refractivity (Wildman–Crippen MR) is 90.5 cm³/mol. The molecule has 1 aliphatic heterocycles. The smallest absolute Gasteiger partial charge is 0.233 e. The number of aromatic amines is 1. The Morgan fingerprint density at radius 1 is 1.38 bits per heavy atom. The summed E-state index contributed by atoms with van der Waals surface area (Å²) in [6.07, 6.45) is 0.806. The lowest BCUT2D eigenvalue weighted by atomic mass is 10.1. The Bertz CT molecular complexity index is 700. The second kappa shape index (κ2) is 7.57. The molecule has 0 bridgehead atoms. The van der Waals surface area contributed by atoms with Gasteiger partial charge < -0.3 is 14.4 Å². The largest absolute Gasteiger partial charge is 0.493 e. The number of rotatable bonds is 7. The fourth-order valence-corrected chi connectivity index (χ4v) is 3.05. The number of hydrogen-bond acceptors (Lipinski definition) is 6. The number of carbonyl (C=O) groups is 1. The van der Waals surface area contributed by atoms with Crippen LogP contribution in [-0.2, 0) is 11.2 Å². The van der Waals surface area contributed by atoms with Crippen LogP contribution in [0.25, 0.3) is 0 Å². The Labute approximate surface area is 144 Å². The molecule has 1 saturated heterocycles. The molecular weight excluding hydrogens is 328 g/mol. The van der Waals surface area contributed by atoms with Crippen LogP contribution in [0.2, 0.25) is 0 Å². The highest BCUT2D eigenvalue weighted by atomic mass is 32.2. The van der Waals surface area contributed by atoms with Crippen molar-refractivity contribution in [2.45, 2.75) is 24.6 Å². The van der Waals surface area contributed by atoms with Gasteiger partial charge in [-0.1, -0.05) is 30.8 Å². The zero-order chi connectivity index (χ0) is 16.9. The molecule has 24 heavy (non-hydrogen) atoms. The maximum absolute atomic E-state index is 12.2. The topological polar surface area (TPSA) is 80.3 Å². The van der Waals surface area contributed by atoms with E-state index >= 15 is 0 Å². The van der Waals surface area contributed by atoms with Crippen molar-refractivity contribution < 1.29 is 14.3 Å². The molecule has 0 spiro atoms. The third-order valence-electron chi connectivity index (χ3n) is 3.73. The van der Waals surface area contributed by atoms with Crippen LogP contribution in [0.3, 0.4) is 0 Å². The van der Waals surface area contributed by atoms with Gasteiger partial charge in [-0.05, 0) is 12.1 Å². The molecule has 0 aliphatic carbocycles. The molecule has 1 aromatic carbocycles. The highest BCUT2D eigenvalue weighted by molar-refractivity contribution is 7.99. The third kappa shape index (κ3) is 3.81. The van der Waals surface area contributed by atoms with Crippen molar-refractivity contribution in [3.63, 3.8) is 0 Å². The number of H-pyrrole nitrogens is 1. The van der Waals surface area contributed by atoms with Gasteiger partial charge in [-0.15, -0.1) is 5.10 Å². The number of para-hydroxylation sites is 2. The summed E-state index contributed by atoms with van der Waals surface area (Å²) in [5.74, 6) is 2.65. The number of benzene rings is 1. The Hall–Kier alpha value is -2.22. The van der Waals surface area contributed by atoms with Crippen LogP contribution in [0.1, 0.15) is 12.7 Å². The van der Waals surface area contributed by atoms with Crippen LogP contribution in [0.4, 0.5) is 0 Å². The summed E-state index contributed by atoms with van der Waals surface area (Å²) in [4.78, 5) is 18.2. The Morgan fingerprint density at radius 2 is 2.12 bits per heavy atom. The Morgan fingerprint density at radius 3 is 2.79 bits per heavy atom. The molecule has 0 atom stereocenters. The fraction of sp³-hybridized carbons (Fsp3) is 0.438. The van der Waals surface area contributed by atoms with Gasteiger partial charge in [0.05, 0.1) is 26.0 Å². The minimum atomic E-state index is 0.00505. The highest BCUT2D eigenvalue weighted by Crippen LogP contribution is 2.28. The molecule has 1 aliphatic rings. The maximum Gasteiger partial charge on any atom is 0.233 e. The van der Waals surface area contributed by atoms with Crippen LogP contribution in [0.5, 0.6) is 11.5 Å². The van der Waals surface area contributed by atoms with Gasteiger partial charge in [0.2, 0.25) is 11.1 Å². The van der Waals surface area contributed by atoms with Gasteiger partial charge >= 0.3 is 0 Å². The minimum absolute atomic E-state index is 0.00505. The summed E-state index contributed by atoms with van der Waals surface area (Å²) in [7, 11) is 1.61. The van der Waals surface area contributed by atoms with Crippen molar-refractivity contribution in [1.29, 1.82) is 0 Å². The van der Waals surface area contributed by atoms with E-state index < -0.39 is 0 Å². The molecular formula is C16H20N4O3S. The number of aromatic nitrogens is 3. The molecule has 2 aromatic rings. The van der Waals surface area contributed by atoms with Crippen LogP contribution in [0.15, 0.2) is 29.4 Å². The quantitative estimate of drug-likeness (QED) is 0.768. The normalized spacial score (nSPS) is 14.3. The molecule has 0 radical (unpaired) electrons. The molecule has 8 heteroatoms. The summed E-state index contributed by atoms with van der Waals surface area (Å²) in [6.45, 7) is 3.18. The lowest BCUT2D eigenvalue weighted by Gasteiger charge is -2.39. The lowest BCUT2D eigenvalue weighted by molar-refractivity contribution is -0.137. The van der Waals surface area contributed by atoms with E-state index in [9.17, 15) is 4.79 Å². The van der Waals surface area contributed by atoms with E-state index in [-0.39, 0.29) is 12.0 Å². The van der Waals surface area contributed by atoms with Crippen molar-refractivity contribution in [1.82, 2.24) is 20.1 Å². The first kappa shape index (κ1) is 16.6. The van der Waals surface area contributed by atoms with E-state index in [1.807, 2.05) is 31.2 Å². The zero-order valence-electron chi connectivity index (χ0n) is 13.7. The van der Waals surface area contributed by atoms with Gasteiger partial charge in [-0.25, -0.2) is 4.98 Å². The van der Waals surface area contributed by atoms with Crippen LogP contribution in [-0.4, -0.2) is 58.0 Å². The molecule has 128 valence electrons. The second-order valence-electron chi connectivity index (χ2n) is 5.40. The molecule has 0 unspecified atom stereocenters. The number of likely N-dealkylation sites (tertiary alicyclic amines) is 1. The summed E-state index contributed by atoms with van der Waals surface area (Å²) in [6, 6.07) is 7.52. The first-order valence-corrected chi connectivity index (χ1v) is 8.79. The number of thioether (sulfide) groups is 1. The summed E-state index contributed by atoms with van der Waals surface area (Å²) in [5, 5.41) is 7.53. The summed E-state index contributed by atoms with van der Waals surface area (Å²) >= 11 is 1.35. The van der Waals surface area contributed by atoms with Crippen molar-refractivity contribution >= 4 is 17.7 Å². The number of nitrogens with one attached hydrogen (secondary N) is 1. The fourth-order valence-electron chi connectivity index (χ4n) is 2.33. The van der Waals surface area contributed by atoms with Crippen LogP contribution >= 0.6 is 11.8 Å². The number of carbonyl (C=O) groups excluding carboxylic acids is 1. The molecule has 1 aromatic heterocycles. The molecule has 0 saturated carbocycles. The SMILES string of the molecule is CCc1nc(SCC(=O)N2CC(Oc3ccccc3OC)C2)n[nH]1. The maximum atomic E-state index is 12.2. The van der Waals surface area contributed by atoms with E-state index in [0.717, 1.165) is 12.2 Å². The van der Waals surface area contributed by atoms with Crippen molar-refractivity contribution in [2.24, 2.45) is 0 Å². The summed E-state index contributed by atoms with van der Waals surface area (Å²) in [5.41, 5.74) is 0. The van der Waals surface area contributed by atoms with Gasteiger partial charge in [-0.3, -0.25) is 9.89 Å². The number of amides is 1. The number of ether oxygens (including phenoxy) is 2. The number of methoxy groups -OCH3 is 1. The number of hydrogen-bond donors (Lipinski definition) is 1. The second-order valence-corrected chi connectivity index (χ2v) is 6.34. The van der Waals surface area contributed by atoms with E-state index in [1.165, 1.54) is 11.8 Å². The molecule has 3 rings (SSSR count). The third-order valence-corrected chi connectivity index (χ3v) is 4.57. The summed E-state index contributed by atoms with van der Waals surface area (Å²) < 4.78 is 11.1. The Kier molecular flexibility index (Phi) is 5.24. The molecule has 2 heterocycles. The van der Waals surface area contributed by atoms with Gasteiger partial charge in [0.25, 0.3) is 0 Å². The minimum Gasteiger partial charge on any atom is -0.493 e. The average Bonchev–Trinajstić information content (AvgIpc) is 3.04.